The number of nitro groups is 2. The van der Waals surface area contributed by atoms with Gasteiger partial charge < -0.3 is 9.47 Å². The van der Waals surface area contributed by atoms with Crippen molar-refractivity contribution in [3.63, 3.8) is 0 Å². The Kier molecular flexibility index (Phi) is 3.45. The van der Waals surface area contributed by atoms with Crippen LogP contribution in [0.5, 0.6) is 0 Å². The highest BCUT2D eigenvalue weighted by molar-refractivity contribution is 5.33. The molecular weight excluding hydrogens is 256 g/mol. The predicted molar refractivity (Wildman–Crippen MR) is 63.1 cm³/mol. The van der Waals surface area contributed by atoms with Gasteiger partial charge in [0.15, 0.2) is 6.29 Å². The second-order valence-corrected chi connectivity index (χ2v) is 4.56. The summed E-state index contributed by atoms with van der Waals surface area (Å²) < 4.78 is 10.6. The molecule has 1 aliphatic rings. The van der Waals surface area contributed by atoms with Crippen molar-refractivity contribution in [2.75, 3.05) is 13.2 Å². The van der Waals surface area contributed by atoms with E-state index in [1.165, 1.54) is 31.2 Å². The van der Waals surface area contributed by atoms with Gasteiger partial charge in [0, 0.05) is 29.5 Å². The van der Waals surface area contributed by atoms with Crippen LogP contribution in [0.3, 0.4) is 0 Å². The van der Waals surface area contributed by atoms with Crippen molar-refractivity contribution in [1.82, 2.24) is 0 Å². The third-order valence-corrected chi connectivity index (χ3v) is 2.91. The Morgan fingerprint density at radius 3 is 2.11 bits per heavy atom. The Balaban J connectivity index is 2.05. The van der Waals surface area contributed by atoms with E-state index < -0.39 is 21.7 Å². The largest absolute Gasteiger partial charge is 0.341 e. The van der Waals surface area contributed by atoms with Crippen LogP contribution in [-0.2, 0) is 9.47 Å². The van der Waals surface area contributed by atoms with Gasteiger partial charge in [-0.25, -0.2) is 0 Å². The van der Waals surface area contributed by atoms with Crippen molar-refractivity contribution in [2.24, 2.45) is 0 Å². The van der Waals surface area contributed by atoms with E-state index in [4.69, 9.17) is 9.47 Å². The topological polar surface area (TPSA) is 105 Å². The molecule has 2 rings (SSSR count). The summed E-state index contributed by atoms with van der Waals surface area (Å²) in [6.07, 6.45) is -0.728. The van der Waals surface area contributed by atoms with Gasteiger partial charge in [0.2, 0.25) is 0 Å². The average Bonchev–Trinajstić information content (AvgIpc) is 2.39. The SMILES string of the molecule is CC1([N+](=O)[O-])COC(c2ccc([N+](=O)[O-])cc2)OC1. The van der Waals surface area contributed by atoms with Gasteiger partial charge in [-0.3, -0.25) is 20.2 Å². The lowest BCUT2D eigenvalue weighted by Crippen LogP contribution is -2.48. The number of non-ortho nitro benzene ring substituents is 1. The molecule has 8 nitrogen and oxygen atoms in total. The van der Waals surface area contributed by atoms with Crippen LogP contribution in [0.4, 0.5) is 5.69 Å². The van der Waals surface area contributed by atoms with Gasteiger partial charge in [0.25, 0.3) is 11.2 Å². The van der Waals surface area contributed by atoms with Gasteiger partial charge in [-0.1, -0.05) is 0 Å². The van der Waals surface area contributed by atoms with Gasteiger partial charge in [-0.05, 0) is 12.1 Å². The van der Waals surface area contributed by atoms with Gasteiger partial charge in [-0.2, -0.15) is 0 Å². The van der Waals surface area contributed by atoms with Crippen LogP contribution in [0.1, 0.15) is 18.8 Å². The van der Waals surface area contributed by atoms with Gasteiger partial charge in [-0.15, -0.1) is 0 Å². The Morgan fingerprint density at radius 2 is 1.68 bits per heavy atom. The van der Waals surface area contributed by atoms with Crippen LogP contribution in [0, 0.1) is 20.2 Å². The van der Waals surface area contributed by atoms with E-state index in [9.17, 15) is 20.2 Å². The fraction of sp³-hybridized carbons (Fsp3) is 0.455. The van der Waals surface area contributed by atoms with E-state index in [1.54, 1.807) is 0 Å². The van der Waals surface area contributed by atoms with Crippen molar-refractivity contribution in [3.8, 4) is 0 Å². The predicted octanol–water partition coefficient (Wildman–Crippen LogP) is 1.68. The maximum atomic E-state index is 10.8. The second-order valence-electron chi connectivity index (χ2n) is 4.56. The van der Waals surface area contributed by atoms with Crippen molar-refractivity contribution in [2.45, 2.75) is 18.8 Å². The number of nitro benzene ring substituents is 1. The fourth-order valence-electron chi connectivity index (χ4n) is 1.65. The molecule has 0 N–H and O–H groups in total. The van der Waals surface area contributed by atoms with Crippen LogP contribution in [0.2, 0.25) is 0 Å². The summed E-state index contributed by atoms with van der Waals surface area (Å²) in [4.78, 5) is 20.4. The highest BCUT2D eigenvalue weighted by atomic mass is 16.7. The van der Waals surface area contributed by atoms with Crippen LogP contribution in [0.25, 0.3) is 0 Å². The number of nitrogens with zero attached hydrogens (tertiary/aromatic N) is 2. The summed E-state index contributed by atoms with van der Waals surface area (Å²) in [5.41, 5.74) is -0.692. The molecule has 19 heavy (non-hydrogen) atoms. The lowest BCUT2D eigenvalue weighted by molar-refractivity contribution is -0.587. The highest BCUT2D eigenvalue weighted by Crippen LogP contribution is 2.29. The van der Waals surface area contributed by atoms with Gasteiger partial charge in [0.05, 0.1) is 4.92 Å². The molecule has 0 spiro atoms. The normalized spacial score (nSPS) is 26.9. The molecule has 1 heterocycles. The smallest absolute Gasteiger partial charge is 0.269 e. The number of hydrogen-bond acceptors (Lipinski definition) is 6. The third-order valence-electron chi connectivity index (χ3n) is 2.91. The molecule has 1 aromatic carbocycles. The molecule has 0 radical (unpaired) electrons. The minimum Gasteiger partial charge on any atom is -0.341 e. The van der Waals surface area contributed by atoms with E-state index in [-0.39, 0.29) is 18.9 Å². The third kappa shape index (κ3) is 2.69. The molecule has 102 valence electrons. The highest BCUT2D eigenvalue weighted by Gasteiger charge is 2.43. The second kappa shape index (κ2) is 4.90. The molecule has 0 atom stereocenters. The van der Waals surface area contributed by atoms with Crippen LogP contribution in [-0.4, -0.2) is 28.6 Å². The van der Waals surface area contributed by atoms with E-state index in [1.807, 2.05) is 0 Å². The molecule has 1 saturated heterocycles. The van der Waals surface area contributed by atoms with Gasteiger partial charge in [0.1, 0.15) is 13.2 Å². The summed E-state index contributed by atoms with van der Waals surface area (Å²) in [7, 11) is 0. The first-order chi connectivity index (χ1) is 8.92. The minimum absolute atomic E-state index is 0.0327. The first-order valence-electron chi connectivity index (χ1n) is 5.54. The summed E-state index contributed by atoms with van der Waals surface area (Å²) >= 11 is 0. The van der Waals surface area contributed by atoms with E-state index in [2.05, 4.69) is 0 Å². The lowest BCUT2D eigenvalue weighted by Gasteiger charge is -2.31. The maximum Gasteiger partial charge on any atom is 0.269 e. The van der Waals surface area contributed by atoms with Gasteiger partial charge >= 0.3 is 0 Å². The Morgan fingerprint density at radius 1 is 1.16 bits per heavy atom. The zero-order valence-electron chi connectivity index (χ0n) is 10.1. The monoisotopic (exact) mass is 268 g/mol. The molecule has 1 aromatic rings. The quantitative estimate of drug-likeness (QED) is 0.610. The summed E-state index contributed by atoms with van der Waals surface area (Å²) in [5, 5.41) is 21.3. The standard InChI is InChI=1S/C11H12N2O6/c1-11(13(16)17)6-18-10(19-7-11)8-2-4-9(5-3-8)12(14)15/h2-5,10H,6-7H2,1H3. The fourth-order valence-corrected chi connectivity index (χ4v) is 1.65. The molecule has 0 aromatic heterocycles. The molecule has 0 bridgehead atoms. The average molecular weight is 268 g/mol. The zero-order valence-corrected chi connectivity index (χ0v) is 10.1. The molecule has 0 amide bonds. The molecule has 0 saturated carbocycles. The summed E-state index contributed by atoms with van der Waals surface area (Å²) in [6.45, 7) is 1.31. The molecule has 0 aliphatic carbocycles. The Bertz CT molecular complexity index is 492. The first-order valence-corrected chi connectivity index (χ1v) is 5.54. The number of ether oxygens (including phenoxy) is 2. The van der Waals surface area contributed by atoms with Crippen molar-refractivity contribution < 1.29 is 19.3 Å². The molecule has 8 heteroatoms. The van der Waals surface area contributed by atoms with Crippen molar-refractivity contribution >= 4 is 5.69 Å². The first kappa shape index (κ1) is 13.4. The van der Waals surface area contributed by atoms with Crippen LogP contribution >= 0.6 is 0 Å². The summed E-state index contributed by atoms with van der Waals surface area (Å²) in [5.74, 6) is 0. The van der Waals surface area contributed by atoms with E-state index >= 15 is 0 Å². The van der Waals surface area contributed by atoms with Crippen molar-refractivity contribution in [1.29, 1.82) is 0 Å². The van der Waals surface area contributed by atoms with Crippen molar-refractivity contribution in [3.05, 3.63) is 50.1 Å². The number of rotatable bonds is 3. The number of hydrogen-bond donors (Lipinski definition) is 0. The van der Waals surface area contributed by atoms with E-state index in [0.29, 0.717) is 5.56 Å². The summed E-state index contributed by atoms with van der Waals surface area (Å²) in [6, 6.07) is 5.70. The molecular formula is C11H12N2O6. The lowest BCUT2D eigenvalue weighted by atomic mass is 10.1. The molecule has 1 fully saturated rings. The molecule has 1 aliphatic heterocycles. The maximum absolute atomic E-state index is 10.8. The zero-order chi connectivity index (χ0) is 14.0. The molecule has 0 unspecified atom stereocenters. The Hall–Kier alpha value is -2.06. The number of benzene rings is 1. The van der Waals surface area contributed by atoms with Crippen LogP contribution in [0.15, 0.2) is 24.3 Å². The Labute approximate surface area is 108 Å². The van der Waals surface area contributed by atoms with E-state index in [0.717, 1.165) is 0 Å². The van der Waals surface area contributed by atoms with Crippen LogP contribution < -0.4 is 0 Å². The minimum atomic E-state index is -1.25.